The Morgan fingerprint density at radius 1 is 1.12 bits per heavy atom. The summed E-state index contributed by atoms with van der Waals surface area (Å²) < 4.78 is 0. The Hall–Kier alpha value is -2.08. The van der Waals surface area contributed by atoms with Gasteiger partial charge >= 0.3 is 0 Å². The van der Waals surface area contributed by atoms with E-state index in [1.54, 1.807) is 0 Å². The highest BCUT2D eigenvalue weighted by molar-refractivity contribution is 5.67. The fourth-order valence-corrected chi connectivity index (χ4v) is 3.85. The predicted octanol–water partition coefficient (Wildman–Crippen LogP) is 1.75. The van der Waals surface area contributed by atoms with Crippen molar-refractivity contribution in [3.05, 3.63) is 65.0 Å². The van der Waals surface area contributed by atoms with Crippen LogP contribution < -0.4 is 16.0 Å². The van der Waals surface area contributed by atoms with Crippen LogP contribution in [0, 0.1) is 0 Å². The number of aldehydes is 1. The second-order valence-corrected chi connectivity index (χ2v) is 6.57. The number of fused-ring (bicyclic) bond motifs is 1. The van der Waals surface area contributed by atoms with Crippen molar-refractivity contribution < 1.29 is 4.79 Å². The summed E-state index contributed by atoms with van der Waals surface area (Å²) >= 11 is 0. The molecule has 3 N–H and O–H groups in total. The second-order valence-electron chi connectivity index (χ2n) is 6.57. The molecule has 5 nitrogen and oxygen atoms in total. The first-order valence-electron chi connectivity index (χ1n) is 8.71. The maximum absolute atomic E-state index is 11.9. The maximum atomic E-state index is 11.9. The molecule has 1 heterocycles. The van der Waals surface area contributed by atoms with E-state index >= 15 is 0 Å². The number of carbonyl (C=O) groups excluding carboxylic acids is 1. The van der Waals surface area contributed by atoms with Crippen molar-refractivity contribution in [2.75, 3.05) is 21.1 Å². The molecule has 5 heteroatoms. The number of nitrogens with one attached hydrogen (secondary N) is 3. The topological polar surface area (TPSA) is 66.0 Å². The Morgan fingerprint density at radius 3 is 2.44 bits per heavy atom. The molecule has 0 bridgehead atoms. The molecule has 0 spiro atoms. The molecule has 1 aliphatic rings. The van der Waals surface area contributed by atoms with Gasteiger partial charge in [0.1, 0.15) is 6.29 Å². The summed E-state index contributed by atoms with van der Waals surface area (Å²) in [5, 5.41) is 10.00. The third-order valence-electron chi connectivity index (χ3n) is 5.34. The zero-order valence-corrected chi connectivity index (χ0v) is 15.0. The van der Waals surface area contributed by atoms with Gasteiger partial charge in [-0.25, -0.2) is 0 Å². The number of hydrogen-bond donors (Lipinski definition) is 3. The van der Waals surface area contributed by atoms with E-state index in [1.165, 1.54) is 5.56 Å². The average molecular weight is 338 g/mol. The van der Waals surface area contributed by atoms with Crippen molar-refractivity contribution in [1.82, 2.24) is 20.9 Å². The summed E-state index contributed by atoms with van der Waals surface area (Å²) in [5.41, 5.74) is 3.76. The van der Waals surface area contributed by atoms with Gasteiger partial charge in [-0.15, -0.1) is 0 Å². The highest BCUT2D eigenvalue weighted by atomic mass is 16.1. The molecular formula is C20H26N4O. The number of nitrogens with zero attached hydrogens (tertiary/aromatic N) is 1. The minimum atomic E-state index is -0.467. The van der Waals surface area contributed by atoms with Crippen molar-refractivity contribution in [2.45, 2.75) is 30.5 Å². The number of pyridine rings is 1. The van der Waals surface area contributed by atoms with Crippen LogP contribution in [0.1, 0.15) is 40.9 Å². The van der Waals surface area contributed by atoms with E-state index in [2.05, 4.69) is 34.1 Å². The standard InChI is InChI=1S/C20H26N4O/c1-21-18-12-20(22-2,23-3)17(13-25)16-10-9-15(24-19(16)18)11-14-7-5-4-6-8-14/h4-10,13,17-18,21-23H,11-12H2,1-3H3. The Morgan fingerprint density at radius 2 is 1.84 bits per heavy atom. The number of benzene rings is 1. The second kappa shape index (κ2) is 7.44. The van der Waals surface area contributed by atoms with Gasteiger partial charge in [0.2, 0.25) is 0 Å². The summed E-state index contributed by atoms with van der Waals surface area (Å²) in [6, 6.07) is 14.5. The largest absolute Gasteiger partial charge is 0.312 e. The van der Waals surface area contributed by atoms with Crippen LogP contribution in [0.3, 0.4) is 0 Å². The molecule has 1 aromatic carbocycles. The molecule has 2 unspecified atom stereocenters. The average Bonchev–Trinajstić information content (AvgIpc) is 2.67. The molecule has 1 aromatic heterocycles. The van der Waals surface area contributed by atoms with Crippen LogP contribution in [0.25, 0.3) is 0 Å². The zero-order chi connectivity index (χ0) is 17.9. The number of aromatic nitrogens is 1. The summed E-state index contributed by atoms with van der Waals surface area (Å²) in [7, 11) is 5.72. The van der Waals surface area contributed by atoms with Gasteiger partial charge in [0.25, 0.3) is 0 Å². The molecule has 2 atom stereocenters. The van der Waals surface area contributed by atoms with Gasteiger partial charge in [-0.05, 0) is 38.3 Å². The number of carbonyl (C=O) groups is 1. The van der Waals surface area contributed by atoms with Crippen LogP contribution in [-0.4, -0.2) is 38.1 Å². The van der Waals surface area contributed by atoms with E-state index in [9.17, 15) is 4.79 Å². The molecule has 2 aromatic rings. The van der Waals surface area contributed by atoms with E-state index < -0.39 is 5.66 Å². The predicted molar refractivity (Wildman–Crippen MR) is 99.6 cm³/mol. The van der Waals surface area contributed by atoms with Gasteiger partial charge in [0, 0.05) is 18.5 Å². The summed E-state index contributed by atoms with van der Waals surface area (Å²) in [5.74, 6) is -0.277. The van der Waals surface area contributed by atoms with Crippen LogP contribution in [0.4, 0.5) is 0 Å². The maximum Gasteiger partial charge on any atom is 0.130 e. The van der Waals surface area contributed by atoms with Crippen LogP contribution in [0.15, 0.2) is 42.5 Å². The molecule has 1 aliphatic carbocycles. The molecule has 0 fully saturated rings. The Balaban J connectivity index is 2.01. The molecule has 0 amide bonds. The lowest BCUT2D eigenvalue weighted by Gasteiger charge is -2.45. The van der Waals surface area contributed by atoms with Crippen molar-refractivity contribution in [1.29, 1.82) is 0 Å². The first-order chi connectivity index (χ1) is 12.2. The fraction of sp³-hybridized carbons (Fsp3) is 0.400. The van der Waals surface area contributed by atoms with E-state index in [0.717, 1.165) is 36.1 Å². The minimum Gasteiger partial charge on any atom is -0.312 e. The first kappa shape index (κ1) is 17.7. The van der Waals surface area contributed by atoms with Gasteiger partial charge in [-0.1, -0.05) is 36.4 Å². The van der Waals surface area contributed by atoms with Gasteiger partial charge in [0.15, 0.2) is 0 Å². The van der Waals surface area contributed by atoms with E-state index in [0.29, 0.717) is 0 Å². The quantitative estimate of drug-likeness (QED) is 0.553. The van der Waals surface area contributed by atoms with E-state index in [1.807, 2.05) is 45.4 Å². The van der Waals surface area contributed by atoms with Crippen molar-refractivity contribution in [3.8, 4) is 0 Å². The number of hydrogen-bond acceptors (Lipinski definition) is 5. The Bertz CT molecular complexity index is 728. The van der Waals surface area contributed by atoms with Gasteiger partial charge in [-0.3, -0.25) is 4.98 Å². The highest BCUT2D eigenvalue weighted by Crippen LogP contribution is 2.40. The molecule has 0 aliphatic heterocycles. The SMILES string of the molecule is CNC1CC(NC)(NC)C(C=O)c2ccc(Cc3ccccc3)nc21. The van der Waals surface area contributed by atoms with Crippen molar-refractivity contribution in [2.24, 2.45) is 0 Å². The number of rotatable bonds is 6. The fourth-order valence-electron chi connectivity index (χ4n) is 3.85. The molecular weight excluding hydrogens is 312 g/mol. The van der Waals surface area contributed by atoms with E-state index in [4.69, 9.17) is 4.98 Å². The highest BCUT2D eigenvalue weighted by Gasteiger charge is 2.45. The van der Waals surface area contributed by atoms with Crippen molar-refractivity contribution >= 4 is 6.29 Å². The molecule has 132 valence electrons. The Labute approximate surface area is 149 Å². The molecule has 25 heavy (non-hydrogen) atoms. The Kier molecular flexibility index (Phi) is 5.27. The summed E-state index contributed by atoms with van der Waals surface area (Å²) in [4.78, 5) is 16.8. The molecule has 0 saturated heterocycles. The number of likely N-dealkylation sites (N-methyl/N-ethyl adjacent to an activating group) is 2. The summed E-state index contributed by atoms with van der Waals surface area (Å²) in [6.45, 7) is 0. The third-order valence-corrected chi connectivity index (χ3v) is 5.34. The van der Waals surface area contributed by atoms with Crippen LogP contribution in [-0.2, 0) is 11.2 Å². The van der Waals surface area contributed by atoms with Crippen LogP contribution in [0.5, 0.6) is 0 Å². The first-order valence-corrected chi connectivity index (χ1v) is 8.71. The van der Waals surface area contributed by atoms with Crippen LogP contribution in [0.2, 0.25) is 0 Å². The summed E-state index contributed by atoms with van der Waals surface area (Å²) in [6.07, 6.45) is 2.56. The zero-order valence-electron chi connectivity index (χ0n) is 15.0. The van der Waals surface area contributed by atoms with Gasteiger partial charge < -0.3 is 20.7 Å². The van der Waals surface area contributed by atoms with E-state index in [-0.39, 0.29) is 12.0 Å². The van der Waals surface area contributed by atoms with Gasteiger partial charge in [0.05, 0.1) is 23.3 Å². The smallest absolute Gasteiger partial charge is 0.130 e. The van der Waals surface area contributed by atoms with Crippen molar-refractivity contribution in [3.63, 3.8) is 0 Å². The lowest BCUT2D eigenvalue weighted by molar-refractivity contribution is -0.111. The van der Waals surface area contributed by atoms with Crippen LogP contribution >= 0.6 is 0 Å². The molecule has 3 rings (SSSR count). The lowest BCUT2D eigenvalue weighted by atomic mass is 9.74. The molecule has 0 saturated carbocycles. The lowest BCUT2D eigenvalue weighted by Crippen LogP contribution is -2.62. The minimum absolute atomic E-state index is 0.0850. The van der Waals surface area contributed by atoms with Gasteiger partial charge in [-0.2, -0.15) is 0 Å². The monoisotopic (exact) mass is 338 g/mol. The molecule has 0 radical (unpaired) electrons. The normalized spacial score (nSPS) is 21.6. The third kappa shape index (κ3) is 3.23.